The molecule has 7 nitrogen and oxygen atoms in total. The number of rotatable bonds is 7. The van der Waals surface area contributed by atoms with Crippen LogP contribution in [0.2, 0.25) is 0 Å². The maximum Gasteiger partial charge on any atom is 0.184 e. The molecule has 3 aromatic heterocycles. The molecule has 190 valence electrons. The van der Waals surface area contributed by atoms with Crippen molar-refractivity contribution in [3.63, 3.8) is 0 Å². The topological polar surface area (TPSA) is 58.8 Å². The Morgan fingerprint density at radius 2 is 1.73 bits per heavy atom. The number of hydrogen-bond donors (Lipinski definition) is 0. The Labute approximate surface area is 217 Å². The van der Waals surface area contributed by atoms with Crippen molar-refractivity contribution < 1.29 is 4.74 Å². The summed E-state index contributed by atoms with van der Waals surface area (Å²) in [6.07, 6.45) is 2.02. The normalized spacial score (nSPS) is 14.7. The number of benzene rings is 2. The van der Waals surface area contributed by atoms with Crippen LogP contribution in [0.15, 0.2) is 54.6 Å². The third-order valence-corrected chi connectivity index (χ3v) is 7.32. The number of aromatic nitrogens is 4. The van der Waals surface area contributed by atoms with Crippen LogP contribution in [0.25, 0.3) is 27.5 Å². The second-order valence-electron chi connectivity index (χ2n) is 10.0. The first-order valence-corrected chi connectivity index (χ1v) is 13.3. The minimum absolute atomic E-state index is 0.684. The fourth-order valence-electron chi connectivity index (χ4n) is 5.47. The van der Waals surface area contributed by atoms with Crippen LogP contribution in [0.1, 0.15) is 30.3 Å². The fraction of sp³-hybridized carbons (Fsp3) is 0.367. The number of fused-ring (bicyclic) bond motifs is 4. The minimum Gasteiger partial charge on any atom is -0.492 e. The van der Waals surface area contributed by atoms with E-state index >= 15 is 0 Å². The van der Waals surface area contributed by atoms with Gasteiger partial charge in [-0.05, 0) is 43.4 Å². The van der Waals surface area contributed by atoms with E-state index in [0.717, 1.165) is 85.2 Å². The Kier molecular flexibility index (Phi) is 6.38. The van der Waals surface area contributed by atoms with E-state index in [1.807, 2.05) is 11.4 Å². The van der Waals surface area contributed by atoms with Gasteiger partial charge in [0.05, 0.1) is 5.39 Å². The van der Waals surface area contributed by atoms with Gasteiger partial charge in [0.2, 0.25) is 0 Å². The van der Waals surface area contributed by atoms with Crippen molar-refractivity contribution in [1.29, 1.82) is 0 Å². The summed E-state index contributed by atoms with van der Waals surface area (Å²) in [4.78, 5) is 14.7. The van der Waals surface area contributed by atoms with Crippen LogP contribution in [0.3, 0.4) is 0 Å². The second kappa shape index (κ2) is 9.98. The summed E-state index contributed by atoms with van der Waals surface area (Å²) < 4.78 is 8.22. The highest BCUT2D eigenvalue weighted by atomic mass is 16.5. The van der Waals surface area contributed by atoms with Crippen LogP contribution < -0.4 is 9.64 Å². The lowest BCUT2D eigenvalue weighted by atomic mass is 10.1. The molecule has 0 bridgehead atoms. The van der Waals surface area contributed by atoms with Gasteiger partial charge in [0.25, 0.3) is 0 Å². The number of hydrogen-bond acceptors (Lipinski definition) is 6. The van der Waals surface area contributed by atoms with Gasteiger partial charge in [0.1, 0.15) is 18.2 Å². The van der Waals surface area contributed by atoms with E-state index in [1.54, 1.807) is 0 Å². The smallest absolute Gasteiger partial charge is 0.184 e. The predicted molar refractivity (Wildman–Crippen MR) is 150 cm³/mol. The van der Waals surface area contributed by atoms with E-state index in [-0.39, 0.29) is 0 Å². The molecule has 1 aliphatic heterocycles. The van der Waals surface area contributed by atoms with Crippen LogP contribution in [-0.2, 0) is 6.42 Å². The molecule has 2 aromatic carbocycles. The molecule has 1 saturated heterocycles. The van der Waals surface area contributed by atoms with Crippen molar-refractivity contribution in [1.82, 2.24) is 24.5 Å². The molecule has 5 aromatic rings. The van der Waals surface area contributed by atoms with Gasteiger partial charge in [-0.1, -0.05) is 49.7 Å². The molecule has 0 spiro atoms. The zero-order valence-electron chi connectivity index (χ0n) is 21.9. The summed E-state index contributed by atoms with van der Waals surface area (Å²) in [6.45, 7) is 11.8. The highest BCUT2D eigenvalue weighted by Gasteiger charge is 2.22. The maximum atomic E-state index is 6.20. The minimum atomic E-state index is 0.684. The summed E-state index contributed by atoms with van der Waals surface area (Å²) in [7, 11) is 0. The van der Waals surface area contributed by atoms with Gasteiger partial charge < -0.3 is 9.64 Å². The molecule has 1 fully saturated rings. The lowest BCUT2D eigenvalue weighted by molar-refractivity contribution is 0.201. The monoisotopic (exact) mass is 494 g/mol. The number of piperazine rings is 1. The zero-order valence-corrected chi connectivity index (χ0v) is 21.9. The molecule has 0 aliphatic carbocycles. The molecule has 6 rings (SSSR count). The van der Waals surface area contributed by atoms with Gasteiger partial charge in [-0.2, -0.15) is 4.52 Å². The van der Waals surface area contributed by atoms with Crippen LogP contribution in [0, 0.1) is 13.8 Å². The molecule has 0 saturated carbocycles. The summed E-state index contributed by atoms with van der Waals surface area (Å²) in [6, 6.07) is 19.0. The second-order valence-corrected chi connectivity index (χ2v) is 10.0. The van der Waals surface area contributed by atoms with Gasteiger partial charge in [0, 0.05) is 55.6 Å². The number of nitrogens with zero attached hydrogens (tertiary/aromatic N) is 6. The van der Waals surface area contributed by atoms with Crippen LogP contribution in [-0.4, -0.2) is 63.8 Å². The van der Waals surface area contributed by atoms with Crippen molar-refractivity contribution >= 4 is 33.3 Å². The largest absolute Gasteiger partial charge is 0.492 e. The molecule has 0 N–H and O–H groups in total. The number of anilines is 1. The van der Waals surface area contributed by atoms with Crippen LogP contribution in [0.4, 0.5) is 5.82 Å². The SMILES string of the molecule is CCCc1cc(N2CCN(CCOc3cccc4ccccc34)CC2)n2nc3nc(C)cc(C)c3c2n1. The summed E-state index contributed by atoms with van der Waals surface area (Å²) >= 11 is 0. The molecule has 4 heterocycles. The third-order valence-electron chi connectivity index (χ3n) is 7.32. The van der Waals surface area contributed by atoms with Gasteiger partial charge >= 0.3 is 0 Å². The number of aryl methyl sites for hydroxylation is 3. The third kappa shape index (κ3) is 4.60. The number of pyridine rings is 1. The number of ether oxygens (including phenoxy) is 1. The van der Waals surface area contributed by atoms with Gasteiger partial charge in [-0.15, -0.1) is 5.10 Å². The van der Waals surface area contributed by atoms with Crippen molar-refractivity contribution in [3.8, 4) is 5.75 Å². The quantitative estimate of drug-likeness (QED) is 0.310. The molecule has 7 heteroatoms. The Hall–Kier alpha value is -3.71. The first-order valence-electron chi connectivity index (χ1n) is 13.3. The molecule has 1 aliphatic rings. The van der Waals surface area contributed by atoms with Crippen molar-refractivity contribution in [3.05, 3.63) is 71.5 Å². The van der Waals surface area contributed by atoms with E-state index < -0.39 is 0 Å². The zero-order chi connectivity index (χ0) is 25.4. The Bertz CT molecular complexity index is 1560. The molecule has 0 atom stereocenters. The van der Waals surface area contributed by atoms with Crippen molar-refractivity contribution in [2.24, 2.45) is 0 Å². The van der Waals surface area contributed by atoms with E-state index in [9.17, 15) is 0 Å². The van der Waals surface area contributed by atoms with Crippen molar-refractivity contribution in [2.75, 3.05) is 44.2 Å². The standard InChI is InChI=1S/C30H34N6O/c1-4-8-24-20-27(36-30(32-24)28-21(2)19-22(3)31-29(28)33-36)35-15-13-34(14-16-35)17-18-37-26-12-7-10-23-9-5-6-11-25(23)26/h5-7,9-12,19-20H,4,8,13-18H2,1-3H3. The van der Waals surface area contributed by atoms with Crippen LogP contribution in [0.5, 0.6) is 5.75 Å². The van der Waals surface area contributed by atoms with E-state index in [2.05, 4.69) is 78.2 Å². The van der Waals surface area contributed by atoms with Gasteiger partial charge in [0.15, 0.2) is 11.3 Å². The average Bonchev–Trinajstić information content (AvgIpc) is 3.27. The molecule has 0 amide bonds. The highest BCUT2D eigenvalue weighted by Crippen LogP contribution is 2.28. The van der Waals surface area contributed by atoms with Gasteiger partial charge in [-0.25, -0.2) is 9.97 Å². The maximum absolute atomic E-state index is 6.20. The first kappa shape index (κ1) is 23.7. The van der Waals surface area contributed by atoms with E-state index in [0.29, 0.717) is 6.61 Å². The fourth-order valence-corrected chi connectivity index (χ4v) is 5.47. The average molecular weight is 495 g/mol. The lowest BCUT2D eigenvalue weighted by Crippen LogP contribution is -2.48. The van der Waals surface area contributed by atoms with E-state index in [4.69, 9.17) is 19.8 Å². The Morgan fingerprint density at radius 3 is 2.57 bits per heavy atom. The molecule has 0 unspecified atom stereocenters. The van der Waals surface area contributed by atoms with Gasteiger partial charge in [-0.3, -0.25) is 4.90 Å². The van der Waals surface area contributed by atoms with Crippen molar-refractivity contribution in [2.45, 2.75) is 33.6 Å². The lowest BCUT2D eigenvalue weighted by Gasteiger charge is -2.36. The Morgan fingerprint density at radius 1 is 0.919 bits per heavy atom. The predicted octanol–water partition coefficient (Wildman–Crippen LogP) is 5.20. The summed E-state index contributed by atoms with van der Waals surface area (Å²) in [5.74, 6) is 2.08. The summed E-state index contributed by atoms with van der Waals surface area (Å²) in [5, 5.41) is 8.36. The van der Waals surface area contributed by atoms with E-state index in [1.165, 1.54) is 16.3 Å². The molecular weight excluding hydrogens is 460 g/mol. The molecule has 0 radical (unpaired) electrons. The first-order chi connectivity index (χ1) is 18.1. The highest BCUT2D eigenvalue weighted by molar-refractivity contribution is 5.93. The Balaban J connectivity index is 1.18. The molecular formula is C30H34N6O. The summed E-state index contributed by atoms with van der Waals surface area (Å²) in [5.41, 5.74) is 5.00. The molecule has 37 heavy (non-hydrogen) atoms. The van der Waals surface area contributed by atoms with Crippen LogP contribution >= 0.6 is 0 Å².